The number of ether oxygens (including phenoxy) is 1. The second-order valence-corrected chi connectivity index (χ2v) is 8.08. The fourth-order valence-electron chi connectivity index (χ4n) is 4.17. The van der Waals surface area contributed by atoms with E-state index in [9.17, 15) is 0 Å². The van der Waals surface area contributed by atoms with Crippen LogP contribution in [0.2, 0.25) is 0 Å². The van der Waals surface area contributed by atoms with Crippen molar-refractivity contribution in [1.82, 2.24) is 9.80 Å². The van der Waals surface area contributed by atoms with Gasteiger partial charge in [0, 0.05) is 25.8 Å². The van der Waals surface area contributed by atoms with Gasteiger partial charge in [-0.3, -0.25) is 0 Å². The van der Waals surface area contributed by atoms with Crippen molar-refractivity contribution >= 4 is 5.69 Å². The molecule has 1 aromatic carbocycles. The van der Waals surface area contributed by atoms with E-state index < -0.39 is 0 Å². The molecule has 28 heavy (non-hydrogen) atoms. The third-order valence-electron chi connectivity index (χ3n) is 5.84. The molecule has 0 saturated carbocycles. The number of benzene rings is 1. The van der Waals surface area contributed by atoms with Gasteiger partial charge in [-0.2, -0.15) is 0 Å². The van der Waals surface area contributed by atoms with E-state index in [2.05, 4.69) is 47.0 Å². The smallest absolute Gasteiger partial charge is 0.119 e. The SMILES string of the molecule is CC.CN1CCCC1.CN1CCc2cc(OCCCN3CCCCC3)ccc21. The van der Waals surface area contributed by atoms with Crippen LogP contribution >= 0.6 is 0 Å². The van der Waals surface area contributed by atoms with Crippen LogP contribution in [0.1, 0.15) is 57.9 Å². The van der Waals surface area contributed by atoms with Gasteiger partial charge in [0.2, 0.25) is 0 Å². The third kappa shape index (κ3) is 7.63. The lowest BCUT2D eigenvalue weighted by Gasteiger charge is -2.26. The van der Waals surface area contributed by atoms with Crippen LogP contribution in [0.25, 0.3) is 0 Å². The van der Waals surface area contributed by atoms with E-state index in [4.69, 9.17) is 4.74 Å². The Morgan fingerprint density at radius 1 is 0.857 bits per heavy atom. The highest BCUT2D eigenvalue weighted by Gasteiger charge is 2.16. The Bertz CT molecular complexity index is 537. The Balaban J connectivity index is 0.000000296. The molecule has 3 aliphatic rings. The number of likely N-dealkylation sites (N-methyl/N-ethyl adjacent to an activating group) is 1. The molecule has 0 aliphatic carbocycles. The van der Waals surface area contributed by atoms with Crippen LogP contribution in [-0.4, -0.2) is 69.8 Å². The minimum absolute atomic E-state index is 0.838. The van der Waals surface area contributed by atoms with Gasteiger partial charge in [0.1, 0.15) is 5.75 Å². The van der Waals surface area contributed by atoms with Crippen LogP contribution in [0.5, 0.6) is 5.75 Å². The maximum atomic E-state index is 5.91. The van der Waals surface area contributed by atoms with Crippen LogP contribution in [-0.2, 0) is 6.42 Å². The molecule has 0 unspecified atom stereocenters. The zero-order chi connectivity index (χ0) is 20.2. The quantitative estimate of drug-likeness (QED) is 0.681. The van der Waals surface area contributed by atoms with Crippen molar-refractivity contribution in [2.45, 2.75) is 58.8 Å². The first kappa shape index (κ1) is 23.0. The van der Waals surface area contributed by atoms with Crippen molar-refractivity contribution in [3.05, 3.63) is 23.8 Å². The van der Waals surface area contributed by atoms with Gasteiger partial charge >= 0.3 is 0 Å². The fourth-order valence-corrected chi connectivity index (χ4v) is 4.17. The summed E-state index contributed by atoms with van der Waals surface area (Å²) in [5.74, 6) is 1.04. The molecule has 160 valence electrons. The Hall–Kier alpha value is -1.26. The molecule has 0 aromatic heterocycles. The summed E-state index contributed by atoms with van der Waals surface area (Å²) in [6.45, 7) is 12.4. The maximum Gasteiger partial charge on any atom is 0.119 e. The predicted octanol–water partition coefficient (Wildman–Crippen LogP) is 4.67. The third-order valence-corrected chi connectivity index (χ3v) is 5.84. The van der Waals surface area contributed by atoms with Gasteiger partial charge in [-0.1, -0.05) is 20.3 Å². The van der Waals surface area contributed by atoms with Gasteiger partial charge in [0.25, 0.3) is 0 Å². The number of anilines is 1. The van der Waals surface area contributed by atoms with Gasteiger partial charge in [-0.25, -0.2) is 0 Å². The van der Waals surface area contributed by atoms with E-state index in [-0.39, 0.29) is 0 Å². The molecular weight excluding hydrogens is 346 g/mol. The molecule has 0 N–H and O–H groups in total. The molecule has 2 fully saturated rings. The molecule has 0 amide bonds. The monoisotopic (exact) mass is 389 g/mol. The summed E-state index contributed by atoms with van der Waals surface area (Å²) in [6, 6.07) is 6.53. The predicted molar refractivity (Wildman–Crippen MR) is 122 cm³/mol. The normalized spacial score (nSPS) is 19.4. The fraction of sp³-hybridized carbons (Fsp3) is 0.750. The number of nitrogens with zero attached hydrogens (tertiary/aromatic N) is 3. The number of rotatable bonds is 5. The Labute approximate surface area is 173 Å². The van der Waals surface area contributed by atoms with Crippen molar-refractivity contribution in [3.63, 3.8) is 0 Å². The lowest BCUT2D eigenvalue weighted by Crippen LogP contribution is -2.31. The second kappa shape index (κ2) is 13.1. The van der Waals surface area contributed by atoms with Gasteiger partial charge in [-0.15, -0.1) is 0 Å². The molecule has 4 heteroatoms. The molecule has 1 aromatic rings. The van der Waals surface area contributed by atoms with Crippen molar-refractivity contribution in [2.75, 3.05) is 64.9 Å². The summed E-state index contributed by atoms with van der Waals surface area (Å²) < 4.78 is 5.91. The largest absolute Gasteiger partial charge is 0.494 e. The molecular formula is C24H43N3O. The molecule has 2 saturated heterocycles. The average Bonchev–Trinajstić information content (AvgIpc) is 3.37. The molecule has 4 rings (SSSR count). The zero-order valence-corrected chi connectivity index (χ0v) is 18.9. The molecule has 0 atom stereocenters. The first-order chi connectivity index (χ1) is 13.7. The lowest BCUT2D eigenvalue weighted by molar-refractivity contribution is 0.205. The molecule has 3 aliphatic heterocycles. The van der Waals surface area contributed by atoms with Gasteiger partial charge < -0.3 is 19.4 Å². The summed E-state index contributed by atoms with van der Waals surface area (Å²) in [7, 11) is 4.33. The maximum absolute atomic E-state index is 5.91. The van der Waals surface area contributed by atoms with Gasteiger partial charge in [-0.05, 0) is 95.5 Å². The van der Waals surface area contributed by atoms with E-state index in [1.807, 2.05) is 13.8 Å². The molecule has 0 spiro atoms. The van der Waals surface area contributed by atoms with Crippen molar-refractivity contribution in [2.24, 2.45) is 0 Å². The average molecular weight is 390 g/mol. The minimum atomic E-state index is 0.838. The Kier molecular flexibility index (Phi) is 10.7. The number of likely N-dealkylation sites (tertiary alicyclic amines) is 2. The number of piperidine rings is 1. The highest BCUT2D eigenvalue weighted by Crippen LogP contribution is 2.30. The highest BCUT2D eigenvalue weighted by molar-refractivity contribution is 5.59. The summed E-state index contributed by atoms with van der Waals surface area (Å²) >= 11 is 0. The lowest BCUT2D eigenvalue weighted by atomic mass is 10.1. The van der Waals surface area contributed by atoms with Crippen LogP contribution in [0.15, 0.2) is 18.2 Å². The highest BCUT2D eigenvalue weighted by atomic mass is 16.5. The number of hydrogen-bond donors (Lipinski definition) is 0. The van der Waals surface area contributed by atoms with Crippen LogP contribution in [0.3, 0.4) is 0 Å². The van der Waals surface area contributed by atoms with E-state index in [0.29, 0.717) is 0 Å². The minimum Gasteiger partial charge on any atom is -0.494 e. The van der Waals surface area contributed by atoms with E-state index in [1.54, 1.807) is 0 Å². The van der Waals surface area contributed by atoms with Crippen LogP contribution in [0, 0.1) is 0 Å². The summed E-state index contributed by atoms with van der Waals surface area (Å²) in [4.78, 5) is 7.25. The van der Waals surface area contributed by atoms with E-state index >= 15 is 0 Å². The summed E-state index contributed by atoms with van der Waals surface area (Å²) in [5.41, 5.74) is 2.80. The van der Waals surface area contributed by atoms with Crippen LogP contribution in [0.4, 0.5) is 5.69 Å². The topological polar surface area (TPSA) is 19.0 Å². The van der Waals surface area contributed by atoms with Gasteiger partial charge in [0.15, 0.2) is 0 Å². The first-order valence-corrected chi connectivity index (χ1v) is 11.6. The second-order valence-electron chi connectivity index (χ2n) is 8.08. The number of hydrogen-bond acceptors (Lipinski definition) is 4. The molecule has 0 bridgehead atoms. The summed E-state index contributed by atoms with van der Waals surface area (Å²) in [6.07, 6.45) is 9.27. The van der Waals surface area contributed by atoms with Crippen molar-refractivity contribution in [1.29, 1.82) is 0 Å². The molecule has 0 radical (unpaired) electrons. The van der Waals surface area contributed by atoms with Gasteiger partial charge in [0.05, 0.1) is 6.61 Å². The molecule has 4 nitrogen and oxygen atoms in total. The first-order valence-electron chi connectivity index (χ1n) is 11.6. The van der Waals surface area contributed by atoms with Crippen molar-refractivity contribution in [3.8, 4) is 5.75 Å². The Morgan fingerprint density at radius 2 is 1.54 bits per heavy atom. The number of fused-ring (bicyclic) bond motifs is 1. The zero-order valence-electron chi connectivity index (χ0n) is 18.9. The summed E-state index contributed by atoms with van der Waals surface area (Å²) in [5, 5.41) is 0. The van der Waals surface area contributed by atoms with E-state index in [1.165, 1.54) is 76.1 Å². The van der Waals surface area contributed by atoms with Crippen LogP contribution < -0.4 is 9.64 Å². The van der Waals surface area contributed by atoms with E-state index in [0.717, 1.165) is 31.7 Å². The molecule has 3 heterocycles. The van der Waals surface area contributed by atoms with Crippen molar-refractivity contribution < 1.29 is 4.74 Å². The standard InChI is InChI=1S/C17H26N2O.C5H11N.C2H6/c1-18-12-8-15-14-16(6-7-17(15)18)20-13-5-11-19-9-3-2-4-10-19;1-6-4-2-3-5-6;1-2/h6-7,14H,2-5,8-13H2,1H3;2-5H2,1H3;1-2H3. The Morgan fingerprint density at radius 3 is 2.18 bits per heavy atom.